The molecule has 86 valence electrons. The van der Waals surface area contributed by atoms with E-state index in [4.69, 9.17) is 0 Å². The molecule has 1 saturated carbocycles. The van der Waals surface area contributed by atoms with Gasteiger partial charge in [0.05, 0.1) is 6.04 Å². The first kappa shape index (κ1) is 11.1. The second-order valence-corrected chi connectivity index (χ2v) is 4.42. The van der Waals surface area contributed by atoms with Gasteiger partial charge in [-0.2, -0.15) is 0 Å². The minimum atomic E-state index is -0.752. The molecule has 1 N–H and O–H groups in total. The normalized spacial score (nSPS) is 24.9. The van der Waals surface area contributed by atoms with Crippen LogP contribution >= 0.6 is 0 Å². The van der Waals surface area contributed by atoms with Crippen molar-refractivity contribution in [3.05, 3.63) is 35.9 Å². The van der Waals surface area contributed by atoms with E-state index in [0.29, 0.717) is 12.8 Å². The van der Waals surface area contributed by atoms with Gasteiger partial charge < -0.3 is 5.32 Å². The van der Waals surface area contributed by atoms with Gasteiger partial charge in [0.25, 0.3) is 0 Å². The highest BCUT2D eigenvalue weighted by molar-refractivity contribution is 5.77. The Morgan fingerprint density at radius 3 is 2.69 bits per heavy atom. The van der Waals surface area contributed by atoms with Gasteiger partial charge in [-0.3, -0.25) is 4.79 Å². The lowest BCUT2D eigenvalue weighted by Crippen LogP contribution is -2.26. The third-order valence-electron chi connectivity index (χ3n) is 2.96. The smallest absolute Gasteiger partial charge is 0.220 e. The Bertz CT molecular complexity index is 365. The first-order chi connectivity index (χ1) is 7.66. The SMILES string of the molecule is C[C@@H](NC(=O)C[C@@H]1C[C@@H]1F)c1ccccc1. The summed E-state index contributed by atoms with van der Waals surface area (Å²) in [6, 6.07) is 9.76. The van der Waals surface area contributed by atoms with E-state index in [9.17, 15) is 9.18 Å². The van der Waals surface area contributed by atoms with E-state index in [0.717, 1.165) is 5.56 Å². The second kappa shape index (κ2) is 4.64. The maximum absolute atomic E-state index is 12.6. The summed E-state index contributed by atoms with van der Waals surface area (Å²) in [5, 5.41) is 2.88. The summed E-state index contributed by atoms with van der Waals surface area (Å²) < 4.78 is 12.6. The van der Waals surface area contributed by atoms with Crippen LogP contribution in [0.1, 0.15) is 31.4 Å². The average Bonchev–Trinajstić information content (AvgIpc) is 2.95. The zero-order valence-electron chi connectivity index (χ0n) is 9.32. The van der Waals surface area contributed by atoms with Gasteiger partial charge >= 0.3 is 0 Å². The number of hydrogen-bond donors (Lipinski definition) is 1. The van der Waals surface area contributed by atoms with Gasteiger partial charge in [0.15, 0.2) is 0 Å². The van der Waals surface area contributed by atoms with Crippen molar-refractivity contribution in [3.63, 3.8) is 0 Å². The molecule has 1 amide bonds. The summed E-state index contributed by atoms with van der Waals surface area (Å²) >= 11 is 0. The predicted octanol–water partition coefficient (Wildman–Crippen LogP) is 2.61. The van der Waals surface area contributed by atoms with Crippen LogP contribution in [0.3, 0.4) is 0 Å². The van der Waals surface area contributed by atoms with E-state index >= 15 is 0 Å². The molecule has 0 saturated heterocycles. The molecule has 2 rings (SSSR count). The van der Waals surface area contributed by atoms with E-state index in [1.165, 1.54) is 0 Å². The van der Waals surface area contributed by atoms with Gasteiger partial charge in [0.1, 0.15) is 6.17 Å². The second-order valence-electron chi connectivity index (χ2n) is 4.42. The lowest BCUT2D eigenvalue weighted by Gasteiger charge is -2.13. The predicted molar refractivity (Wildman–Crippen MR) is 60.6 cm³/mol. The highest BCUT2D eigenvalue weighted by Crippen LogP contribution is 2.36. The Balaban J connectivity index is 1.82. The third-order valence-corrected chi connectivity index (χ3v) is 2.96. The van der Waals surface area contributed by atoms with Crippen LogP contribution in [0.5, 0.6) is 0 Å². The number of halogens is 1. The van der Waals surface area contributed by atoms with E-state index in [1.807, 2.05) is 37.3 Å². The number of hydrogen-bond acceptors (Lipinski definition) is 1. The Morgan fingerprint density at radius 1 is 1.50 bits per heavy atom. The van der Waals surface area contributed by atoms with Gasteiger partial charge in [0.2, 0.25) is 5.91 Å². The van der Waals surface area contributed by atoms with E-state index < -0.39 is 6.17 Å². The van der Waals surface area contributed by atoms with Gasteiger partial charge in [-0.1, -0.05) is 30.3 Å². The number of carbonyl (C=O) groups is 1. The largest absolute Gasteiger partial charge is 0.350 e. The molecule has 0 unspecified atom stereocenters. The summed E-state index contributed by atoms with van der Waals surface area (Å²) in [5.74, 6) is -0.0931. The molecule has 0 aliphatic heterocycles. The van der Waals surface area contributed by atoms with E-state index in [2.05, 4.69) is 5.32 Å². The van der Waals surface area contributed by atoms with E-state index in [1.54, 1.807) is 0 Å². The Hall–Kier alpha value is -1.38. The molecule has 0 heterocycles. The standard InChI is InChI=1S/C13H16FNO/c1-9(10-5-3-2-4-6-10)15-13(16)8-11-7-12(11)14/h2-6,9,11-12H,7-8H2,1H3,(H,15,16)/t9-,11+,12+/m1/s1. The molecular weight excluding hydrogens is 205 g/mol. The molecule has 0 aromatic heterocycles. The quantitative estimate of drug-likeness (QED) is 0.832. The summed E-state index contributed by atoms with van der Waals surface area (Å²) in [4.78, 5) is 11.5. The van der Waals surface area contributed by atoms with Crippen LogP contribution in [0.15, 0.2) is 30.3 Å². The lowest BCUT2D eigenvalue weighted by atomic mass is 10.1. The van der Waals surface area contributed by atoms with Crippen LogP contribution in [-0.2, 0) is 4.79 Å². The maximum Gasteiger partial charge on any atom is 0.220 e. The highest BCUT2D eigenvalue weighted by Gasteiger charge is 2.38. The Kier molecular flexibility index (Phi) is 3.22. The zero-order chi connectivity index (χ0) is 11.5. The Labute approximate surface area is 94.9 Å². The molecule has 1 aliphatic carbocycles. The highest BCUT2D eigenvalue weighted by atomic mass is 19.1. The summed E-state index contributed by atoms with van der Waals surface area (Å²) in [7, 11) is 0. The fraction of sp³-hybridized carbons (Fsp3) is 0.462. The van der Waals surface area contributed by atoms with Crippen LogP contribution in [0.25, 0.3) is 0 Å². The van der Waals surface area contributed by atoms with Crippen molar-refractivity contribution in [1.82, 2.24) is 5.32 Å². The molecule has 3 heteroatoms. The van der Waals surface area contributed by atoms with Crippen molar-refractivity contribution < 1.29 is 9.18 Å². The molecule has 1 fully saturated rings. The van der Waals surface area contributed by atoms with Crippen LogP contribution in [-0.4, -0.2) is 12.1 Å². The van der Waals surface area contributed by atoms with Crippen LogP contribution in [0, 0.1) is 5.92 Å². The molecule has 0 bridgehead atoms. The number of alkyl halides is 1. The van der Waals surface area contributed by atoms with Crippen LogP contribution in [0.4, 0.5) is 4.39 Å². The summed E-state index contributed by atoms with van der Waals surface area (Å²) in [6.07, 6.45) is 0.114. The molecule has 1 aromatic carbocycles. The number of benzene rings is 1. The fourth-order valence-corrected chi connectivity index (χ4v) is 1.79. The van der Waals surface area contributed by atoms with Crippen LogP contribution < -0.4 is 5.32 Å². The monoisotopic (exact) mass is 221 g/mol. The van der Waals surface area contributed by atoms with Crippen molar-refractivity contribution in [2.45, 2.75) is 32.0 Å². The first-order valence-corrected chi connectivity index (χ1v) is 5.65. The molecule has 16 heavy (non-hydrogen) atoms. The number of nitrogens with one attached hydrogen (secondary N) is 1. The van der Waals surface area contributed by atoms with Gasteiger partial charge in [0, 0.05) is 12.3 Å². The molecule has 3 atom stereocenters. The van der Waals surface area contributed by atoms with Crippen molar-refractivity contribution >= 4 is 5.91 Å². The maximum atomic E-state index is 12.6. The van der Waals surface area contributed by atoms with Crippen molar-refractivity contribution in [2.75, 3.05) is 0 Å². The van der Waals surface area contributed by atoms with Crippen molar-refractivity contribution in [1.29, 1.82) is 0 Å². The summed E-state index contributed by atoms with van der Waals surface area (Å²) in [6.45, 7) is 1.94. The van der Waals surface area contributed by atoms with Gasteiger partial charge in [-0.25, -0.2) is 4.39 Å². The summed E-state index contributed by atoms with van der Waals surface area (Å²) in [5.41, 5.74) is 1.07. The van der Waals surface area contributed by atoms with Gasteiger partial charge in [-0.15, -0.1) is 0 Å². The van der Waals surface area contributed by atoms with Crippen molar-refractivity contribution in [2.24, 2.45) is 5.92 Å². The molecule has 0 radical (unpaired) electrons. The topological polar surface area (TPSA) is 29.1 Å². The fourth-order valence-electron chi connectivity index (χ4n) is 1.79. The lowest BCUT2D eigenvalue weighted by molar-refractivity contribution is -0.122. The molecule has 0 spiro atoms. The molecule has 1 aromatic rings. The Morgan fingerprint density at radius 2 is 2.12 bits per heavy atom. The first-order valence-electron chi connectivity index (χ1n) is 5.65. The zero-order valence-corrected chi connectivity index (χ0v) is 9.32. The third kappa shape index (κ3) is 2.81. The molecule has 1 aliphatic rings. The van der Waals surface area contributed by atoms with Crippen LogP contribution in [0.2, 0.25) is 0 Å². The molecular formula is C13H16FNO. The number of carbonyl (C=O) groups excluding carboxylic acids is 1. The number of amides is 1. The minimum Gasteiger partial charge on any atom is -0.350 e. The minimum absolute atomic E-state index is 0.00879. The average molecular weight is 221 g/mol. The number of rotatable bonds is 4. The van der Waals surface area contributed by atoms with Gasteiger partial charge in [-0.05, 0) is 18.9 Å². The van der Waals surface area contributed by atoms with Crippen molar-refractivity contribution in [3.8, 4) is 0 Å². The molecule has 2 nitrogen and oxygen atoms in total. The van der Waals surface area contributed by atoms with E-state index in [-0.39, 0.29) is 17.9 Å².